The first-order valence-electron chi connectivity index (χ1n) is 4.91. The maximum Gasteiger partial charge on any atom is 0.387 e. The summed E-state index contributed by atoms with van der Waals surface area (Å²) in [7, 11) is 0. The largest absolute Gasteiger partial charge is 0.479 e. The lowest BCUT2D eigenvalue weighted by Gasteiger charge is -2.14. The van der Waals surface area contributed by atoms with Crippen LogP contribution in [0.4, 0.5) is 14.5 Å². The lowest BCUT2D eigenvalue weighted by Crippen LogP contribution is -2.17. The molecular formula is C10H7F2NO7. The Kier molecular flexibility index (Phi) is 4.64. The molecule has 108 valence electrons. The molecule has 0 radical (unpaired) electrons. The van der Waals surface area contributed by atoms with Gasteiger partial charge in [0.2, 0.25) is 0 Å². The molecule has 2 N–H and O–H groups in total. The van der Waals surface area contributed by atoms with Crippen molar-refractivity contribution in [3.05, 3.63) is 33.4 Å². The smallest absolute Gasteiger partial charge is 0.387 e. The molecule has 0 saturated carbocycles. The maximum absolute atomic E-state index is 12.3. The number of carbonyl (C=O) groups excluding carboxylic acids is 1. The number of benzene rings is 1. The van der Waals surface area contributed by atoms with E-state index in [1.54, 1.807) is 0 Å². The van der Waals surface area contributed by atoms with E-state index in [0.717, 1.165) is 6.07 Å². The number of alkyl halides is 2. The zero-order valence-corrected chi connectivity index (χ0v) is 9.53. The summed E-state index contributed by atoms with van der Waals surface area (Å²) in [6, 6.07) is 1.52. The summed E-state index contributed by atoms with van der Waals surface area (Å²) in [5.41, 5.74) is -2.53. The molecule has 0 fully saturated rings. The van der Waals surface area contributed by atoms with Gasteiger partial charge in [-0.25, -0.2) is 4.79 Å². The quantitative estimate of drug-likeness (QED) is 0.456. The Morgan fingerprint density at radius 3 is 2.45 bits per heavy atom. The molecule has 1 rings (SSSR count). The van der Waals surface area contributed by atoms with E-state index in [-0.39, 0.29) is 6.29 Å². The number of rotatable bonds is 6. The molecule has 10 heteroatoms. The van der Waals surface area contributed by atoms with E-state index in [0.29, 0.717) is 6.07 Å². The van der Waals surface area contributed by atoms with E-state index in [2.05, 4.69) is 4.74 Å². The normalized spacial score (nSPS) is 12.0. The van der Waals surface area contributed by atoms with E-state index in [1.807, 2.05) is 0 Å². The highest BCUT2D eigenvalue weighted by atomic mass is 19.3. The number of nitro groups is 1. The van der Waals surface area contributed by atoms with Crippen molar-refractivity contribution >= 4 is 17.9 Å². The Balaban J connectivity index is 3.63. The molecule has 0 aliphatic carbocycles. The van der Waals surface area contributed by atoms with Crippen molar-refractivity contribution in [1.29, 1.82) is 0 Å². The molecule has 0 aliphatic rings. The number of aliphatic hydroxyl groups excluding tert-OH is 1. The van der Waals surface area contributed by atoms with Gasteiger partial charge in [-0.3, -0.25) is 14.9 Å². The van der Waals surface area contributed by atoms with Crippen LogP contribution in [0.3, 0.4) is 0 Å². The van der Waals surface area contributed by atoms with Crippen LogP contribution in [0.5, 0.6) is 5.75 Å². The first-order valence-corrected chi connectivity index (χ1v) is 4.91. The zero-order valence-electron chi connectivity index (χ0n) is 9.53. The Morgan fingerprint density at radius 2 is 2.05 bits per heavy atom. The Bertz CT molecular complexity index is 561. The topological polar surface area (TPSA) is 127 Å². The van der Waals surface area contributed by atoms with Crippen molar-refractivity contribution in [2.75, 3.05) is 0 Å². The van der Waals surface area contributed by atoms with Crippen LogP contribution in [0.2, 0.25) is 0 Å². The third-order valence-electron chi connectivity index (χ3n) is 2.24. The van der Waals surface area contributed by atoms with E-state index in [4.69, 9.17) is 5.11 Å². The molecule has 0 saturated heterocycles. The number of hydrogen-bond acceptors (Lipinski definition) is 6. The summed E-state index contributed by atoms with van der Waals surface area (Å²) in [5, 5.41) is 28.8. The molecule has 1 aromatic carbocycles. The van der Waals surface area contributed by atoms with Gasteiger partial charge in [-0.05, 0) is 6.07 Å². The highest BCUT2D eigenvalue weighted by Gasteiger charge is 2.33. The Labute approximate surface area is 109 Å². The summed E-state index contributed by atoms with van der Waals surface area (Å²) >= 11 is 0. The fourth-order valence-corrected chi connectivity index (χ4v) is 1.47. The summed E-state index contributed by atoms with van der Waals surface area (Å²) in [4.78, 5) is 31.1. The third kappa shape index (κ3) is 3.03. The second kappa shape index (κ2) is 6.02. The minimum Gasteiger partial charge on any atom is -0.479 e. The molecule has 0 aliphatic heterocycles. The highest BCUT2D eigenvalue weighted by Crippen LogP contribution is 2.37. The second-order valence-corrected chi connectivity index (χ2v) is 3.41. The fourth-order valence-electron chi connectivity index (χ4n) is 1.47. The van der Waals surface area contributed by atoms with Gasteiger partial charge in [-0.2, -0.15) is 8.78 Å². The van der Waals surface area contributed by atoms with Crippen molar-refractivity contribution in [3.63, 3.8) is 0 Å². The number of carbonyl (C=O) groups is 2. The first-order chi connectivity index (χ1) is 9.29. The average Bonchev–Trinajstić information content (AvgIpc) is 2.36. The summed E-state index contributed by atoms with van der Waals surface area (Å²) in [5.74, 6) is -2.96. The number of aliphatic hydroxyl groups is 1. The van der Waals surface area contributed by atoms with Gasteiger partial charge in [-0.1, -0.05) is 0 Å². The number of nitrogens with zero attached hydrogens (tertiary/aromatic N) is 1. The van der Waals surface area contributed by atoms with Crippen LogP contribution in [-0.4, -0.2) is 34.0 Å². The minimum atomic E-state index is -3.46. The van der Waals surface area contributed by atoms with Crippen LogP contribution in [0, 0.1) is 10.1 Å². The molecule has 1 aromatic rings. The number of aldehydes is 1. The number of aliphatic carboxylic acids is 1. The third-order valence-corrected chi connectivity index (χ3v) is 2.24. The van der Waals surface area contributed by atoms with Crippen molar-refractivity contribution in [2.24, 2.45) is 0 Å². The van der Waals surface area contributed by atoms with E-state index in [9.17, 15) is 33.6 Å². The number of carboxylic acids is 1. The van der Waals surface area contributed by atoms with E-state index in [1.165, 1.54) is 0 Å². The molecule has 0 heterocycles. The molecule has 0 bridgehead atoms. The van der Waals surface area contributed by atoms with Gasteiger partial charge in [0.05, 0.1) is 10.5 Å². The van der Waals surface area contributed by atoms with Crippen molar-refractivity contribution in [1.82, 2.24) is 0 Å². The second-order valence-electron chi connectivity index (χ2n) is 3.41. The highest BCUT2D eigenvalue weighted by molar-refractivity contribution is 5.85. The molecule has 1 atom stereocenters. The van der Waals surface area contributed by atoms with Gasteiger partial charge >= 0.3 is 12.6 Å². The number of hydrogen-bond donors (Lipinski definition) is 2. The molecule has 20 heavy (non-hydrogen) atoms. The Morgan fingerprint density at radius 1 is 1.45 bits per heavy atom. The molecule has 0 amide bonds. The summed E-state index contributed by atoms with van der Waals surface area (Å²) < 4.78 is 28.5. The summed E-state index contributed by atoms with van der Waals surface area (Å²) in [6.07, 6.45) is -2.46. The summed E-state index contributed by atoms with van der Waals surface area (Å²) in [6.45, 7) is -3.46. The van der Waals surface area contributed by atoms with Crippen LogP contribution in [-0.2, 0) is 4.79 Å². The standard InChI is InChI=1S/C10H7F2NO7/c11-10(12)20-8-4(3-14)1-2-5(13(18)19)6(8)7(15)9(16)17/h1-3,7,10,15H,(H,16,17). The van der Waals surface area contributed by atoms with Crippen LogP contribution >= 0.6 is 0 Å². The van der Waals surface area contributed by atoms with Gasteiger partial charge in [-0.15, -0.1) is 0 Å². The predicted molar refractivity (Wildman–Crippen MR) is 57.7 cm³/mol. The molecule has 8 nitrogen and oxygen atoms in total. The number of nitro benzene ring substituents is 1. The van der Waals surface area contributed by atoms with Crippen LogP contribution in [0.25, 0.3) is 0 Å². The minimum absolute atomic E-state index is 0.0412. The number of halogens is 2. The van der Waals surface area contributed by atoms with Crippen LogP contribution < -0.4 is 4.74 Å². The fraction of sp³-hybridized carbons (Fsp3) is 0.200. The Hall–Kier alpha value is -2.62. The maximum atomic E-state index is 12.3. The first kappa shape index (κ1) is 15.4. The van der Waals surface area contributed by atoms with Crippen LogP contribution in [0.1, 0.15) is 22.0 Å². The van der Waals surface area contributed by atoms with Crippen molar-refractivity contribution in [3.8, 4) is 5.75 Å². The molecular weight excluding hydrogens is 284 g/mol. The number of ether oxygens (including phenoxy) is 1. The van der Waals surface area contributed by atoms with Gasteiger partial charge in [0.15, 0.2) is 12.4 Å². The lowest BCUT2D eigenvalue weighted by atomic mass is 10.0. The number of carboxylic acid groups (broad SMARTS) is 1. The molecule has 0 spiro atoms. The van der Waals surface area contributed by atoms with E-state index >= 15 is 0 Å². The predicted octanol–water partition coefficient (Wildman–Crippen LogP) is 1.13. The van der Waals surface area contributed by atoms with E-state index < -0.39 is 46.2 Å². The molecule has 1 unspecified atom stereocenters. The monoisotopic (exact) mass is 291 g/mol. The van der Waals surface area contributed by atoms with Crippen LogP contribution in [0.15, 0.2) is 12.1 Å². The van der Waals surface area contributed by atoms with Gasteiger partial charge in [0, 0.05) is 6.07 Å². The zero-order chi connectivity index (χ0) is 15.4. The van der Waals surface area contributed by atoms with Gasteiger partial charge in [0.1, 0.15) is 11.3 Å². The SMILES string of the molecule is O=Cc1ccc([N+](=O)[O-])c(C(O)C(=O)O)c1OC(F)F. The van der Waals surface area contributed by atoms with Crippen molar-refractivity contribution < 1.29 is 38.2 Å². The van der Waals surface area contributed by atoms with Gasteiger partial charge in [0.25, 0.3) is 5.69 Å². The average molecular weight is 291 g/mol. The van der Waals surface area contributed by atoms with Gasteiger partial charge < -0.3 is 14.9 Å². The van der Waals surface area contributed by atoms with Crippen molar-refractivity contribution in [2.45, 2.75) is 12.7 Å². The molecule has 0 aromatic heterocycles. The lowest BCUT2D eigenvalue weighted by molar-refractivity contribution is -0.386.